The monoisotopic (exact) mass is 570 g/mol. The second-order valence-electron chi connectivity index (χ2n) is 8.50. The molecule has 4 aromatic carbocycles. The summed E-state index contributed by atoms with van der Waals surface area (Å²) in [5.41, 5.74) is 6.81. The van der Waals surface area contributed by atoms with E-state index < -0.39 is 21.7 Å². The first-order valence-electron chi connectivity index (χ1n) is 12.2. The van der Waals surface area contributed by atoms with Gasteiger partial charge in [-0.1, -0.05) is 0 Å². The van der Waals surface area contributed by atoms with Crippen molar-refractivity contribution in [3.63, 3.8) is 0 Å². The van der Waals surface area contributed by atoms with Crippen molar-refractivity contribution < 1.29 is 27.5 Å². The second-order valence-corrected chi connectivity index (χ2v) is 10.4. The Morgan fingerprint density at radius 2 is 0.927 bits per heavy atom. The Morgan fingerprint density at radius 3 is 1.24 bits per heavy atom. The minimum absolute atomic E-state index is 0.00271. The SMILES string of the molecule is COc1ccc(/C=N\NC(=O)c2ccc(S(=O)(=O)c3ccc(C(=O)N/N=C\c4ccc(OC)cc4)cc3)cc2)cc1. The number of hydrogen-bond donors (Lipinski definition) is 2. The summed E-state index contributed by atoms with van der Waals surface area (Å²) in [6, 6.07) is 25.1. The number of hydrogen-bond acceptors (Lipinski definition) is 8. The molecule has 0 radical (unpaired) electrons. The van der Waals surface area contributed by atoms with Crippen molar-refractivity contribution in [1.29, 1.82) is 0 Å². The lowest BCUT2D eigenvalue weighted by molar-refractivity contribution is 0.0947. The van der Waals surface area contributed by atoms with Crippen molar-refractivity contribution in [3.05, 3.63) is 119 Å². The number of ether oxygens (including phenoxy) is 2. The highest BCUT2D eigenvalue weighted by molar-refractivity contribution is 7.91. The highest BCUT2D eigenvalue weighted by atomic mass is 32.2. The molecule has 0 aliphatic heterocycles. The van der Waals surface area contributed by atoms with Gasteiger partial charge in [-0.25, -0.2) is 19.3 Å². The molecule has 0 aliphatic carbocycles. The van der Waals surface area contributed by atoms with E-state index in [1.807, 2.05) is 0 Å². The number of amides is 2. The van der Waals surface area contributed by atoms with Gasteiger partial charge in [-0.15, -0.1) is 0 Å². The van der Waals surface area contributed by atoms with Gasteiger partial charge in [-0.05, 0) is 108 Å². The first-order valence-corrected chi connectivity index (χ1v) is 13.7. The molecule has 2 amide bonds. The summed E-state index contributed by atoms with van der Waals surface area (Å²) < 4.78 is 36.4. The van der Waals surface area contributed by atoms with Crippen molar-refractivity contribution in [2.24, 2.45) is 10.2 Å². The maximum atomic E-state index is 13.1. The van der Waals surface area contributed by atoms with E-state index in [-0.39, 0.29) is 20.9 Å². The van der Waals surface area contributed by atoms with E-state index in [0.29, 0.717) is 11.5 Å². The quantitative estimate of drug-likeness (QED) is 0.218. The van der Waals surface area contributed by atoms with Gasteiger partial charge in [0.1, 0.15) is 11.5 Å². The predicted molar refractivity (Wildman–Crippen MR) is 154 cm³/mol. The van der Waals surface area contributed by atoms with Gasteiger partial charge in [0.05, 0.1) is 36.4 Å². The molecule has 0 unspecified atom stereocenters. The molecular formula is C30H26N4O6S. The standard InChI is InChI=1S/C30H26N4O6S/c1-39-25-11-3-21(4-12-25)19-31-33-29(35)23-7-15-27(16-8-23)41(37,38)28-17-9-24(10-18-28)30(36)34-32-20-22-5-13-26(40-2)14-6-22/h3-20H,1-2H3,(H,33,35)(H,34,36)/b31-19-,32-20-. The number of hydrazone groups is 2. The molecule has 0 bridgehead atoms. The fraction of sp³-hybridized carbons (Fsp3) is 0.0667. The van der Waals surface area contributed by atoms with E-state index in [4.69, 9.17) is 9.47 Å². The van der Waals surface area contributed by atoms with Gasteiger partial charge < -0.3 is 9.47 Å². The third kappa shape index (κ3) is 7.43. The minimum Gasteiger partial charge on any atom is -0.497 e. The lowest BCUT2D eigenvalue weighted by Crippen LogP contribution is -2.18. The average Bonchev–Trinajstić information content (AvgIpc) is 3.01. The summed E-state index contributed by atoms with van der Waals surface area (Å²) >= 11 is 0. The van der Waals surface area contributed by atoms with Crippen LogP contribution in [-0.2, 0) is 9.84 Å². The van der Waals surface area contributed by atoms with Crippen LogP contribution in [-0.4, -0.2) is 46.9 Å². The Hall–Kier alpha value is -5.29. The molecule has 11 heteroatoms. The molecule has 0 saturated carbocycles. The van der Waals surface area contributed by atoms with E-state index in [9.17, 15) is 18.0 Å². The van der Waals surface area contributed by atoms with Gasteiger partial charge in [0, 0.05) is 11.1 Å². The zero-order chi connectivity index (χ0) is 29.2. The smallest absolute Gasteiger partial charge is 0.271 e. The van der Waals surface area contributed by atoms with Gasteiger partial charge in [-0.2, -0.15) is 10.2 Å². The number of methoxy groups -OCH3 is 2. The zero-order valence-corrected chi connectivity index (χ0v) is 23.0. The Labute approximate surface area is 237 Å². The van der Waals surface area contributed by atoms with Crippen LogP contribution < -0.4 is 20.3 Å². The van der Waals surface area contributed by atoms with Crippen LogP contribution >= 0.6 is 0 Å². The van der Waals surface area contributed by atoms with Crippen LogP contribution in [0.25, 0.3) is 0 Å². The van der Waals surface area contributed by atoms with Crippen molar-refractivity contribution in [2.75, 3.05) is 14.2 Å². The van der Waals surface area contributed by atoms with E-state index in [1.165, 1.54) is 61.0 Å². The molecule has 0 spiro atoms. The first kappa shape index (κ1) is 28.7. The molecule has 0 saturated heterocycles. The number of benzene rings is 4. The number of nitrogens with one attached hydrogen (secondary N) is 2. The average molecular weight is 571 g/mol. The summed E-state index contributed by atoms with van der Waals surface area (Å²) in [6.45, 7) is 0. The number of carbonyl (C=O) groups is 2. The van der Waals surface area contributed by atoms with Crippen LogP contribution in [0.1, 0.15) is 31.8 Å². The van der Waals surface area contributed by atoms with Crippen LogP contribution in [0.2, 0.25) is 0 Å². The summed E-state index contributed by atoms with van der Waals surface area (Å²) in [6.07, 6.45) is 2.96. The fourth-order valence-corrected chi connectivity index (χ4v) is 4.81. The lowest BCUT2D eigenvalue weighted by Gasteiger charge is -2.07. The molecule has 208 valence electrons. The van der Waals surface area contributed by atoms with E-state index in [2.05, 4.69) is 21.1 Å². The predicted octanol–water partition coefficient (Wildman–Crippen LogP) is 4.06. The first-order chi connectivity index (χ1) is 19.8. The van der Waals surface area contributed by atoms with Crippen molar-refractivity contribution in [3.8, 4) is 11.5 Å². The molecule has 0 heterocycles. The van der Waals surface area contributed by atoms with Gasteiger partial charge in [0.15, 0.2) is 0 Å². The van der Waals surface area contributed by atoms with Crippen LogP contribution in [0.3, 0.4) is 0 Å². The fourth-order valence-electron chi connectivity index (χ4n) is 3.55. The largest absolute Gasteiger partial charge is 0.497 e. The van der Waals surface area contributed by atoms with E-state index >= 15 is 0 Å². The van der Waals surface area contributed by atoms with Gasteiger partial charge in [-0.3, -0.25) is 9.59 Å². The molecule has 41 heavy (non-hydrogen) atoms. The summed E-state index contributed by atoms with van der Waals surface area (Å²) in [5, 5.41) is 7.85. The summed E-state index contributed by atoms with van der Waals surface area (Å²) in [4.78, 5) is 24.8. The molecule has 0 aliphatic rings. The Balaban J connectivity index is 1.35. The van der Waals surface area contributed by atoms with Gasteiger partial charge in [0.2, 0.25) is 9.84 Å². The maximum absolute atomic E-state index is 13.1. The van der Waals surface area contributed by atoms with Crippen LogP contribution in [0.5, 0.6) is 11.5 Å². The highest BCUT2D eigenvalue weighted by Crippen LogP contribution is 2.22. The highest BCUT2D eigenvalue weighted by Gasteiger charge is 2.19. The molecule has 4 rings (SSSR count). The van der Waals surface area contributed by atoms with Crippen molar-refractivity contribution in [2.45, 2.75) is 9.79 Å². The van der Waals surface area contributed by atoms with Crippen LogP contribution in [0.15, 0.2) is 117 Å². The van der Waals surface area contributed by atoms with Crippen molar-refractivity contribution in [1.82, 2.24) is 10.9 Å². The molecule has 0 atom stereocenters. The van der Waals surface area contributed by atoms with E-state index in [1.54, 1.807) is 62.8 Å². The second kappa shape index (κ2) is 13.2. The summed E-state index contributed by atoms with van der Waals surface area (Å²) in [5.74, 6) is 0.413. The number of sulfone groups is 1. The molecule has 0 aromatic heterocycles. The van der Waals surface area contributed by atoms with Crippen LogP contribution in [0.4, 0.5) is 0 Å². The number of carbonyl (C=O) groups excluding carboxylic acids is 2. The van der Waals surface area contributed by atoms with Gasteiger partial charge >= 0.3 is 0 Å². The zero-order valence-electron chi connectivity index (χ0n) is 22.1. The Bertz CT molecular complexity index is 1540. The maximum Gasteiger partial charge on any atom is 0.271 e. The van der Waals surface area contributed by atoms with Gasteiger partial charge in [0.25, 0.3) is 11.8 Å². The van der Waals surface area contributed by atoms with Crippen molar-refractivity contribution >= 4 is 34.1 Å². The van der Waals surface area contributed by atoms with Crippen LogP contribution in [0, 0.1) is 0 Å². The topological polar surface area (TPSA) is 136 Å². The number of nitrogens with zero attached hydrogens (tertiary/aromatic N) is 2. The molecule has 4 aromatic rings. The third-order valence-corrected chi connectivity index (χ3v) is 7.63. The third-order valence-electron chi connectivity index (χ3n) is 5.84. The minimum atomic E-state index is -3.88. The lowest BCUT2D eigenvalue weighted by atomic mass is 10.2. The molecular weight excluding hydrogens is 544 g/mol. The Morgan fingerprint density at radius 1 is 0.585 bits per heavy atom. The van der Waals surface area contributed by atoms with E-state index in [0.717, 1.165) is 11.1 Å². The molecule has 10 nitrogen and oxygen atoms in total. The molecule has 2 N–H and O–H groups in total. The normalized spacial score (nSPS) is 11.4. The summed E-state index contributed by atoms with van der Waals surface area (Å²) in [7, 11) is -0.746. The number of rotatable bonds is 10. The Kier molecular flexibility index (Phi) is 9.23. The molecule has 0 fully saturated rings.